The summed E-state index contributed by atoms with van der Waals surface area (Å²) >= 11 is 3.40. The van der Waals surface area contributed by atoms with E-state index in [2.05, 4.69) is 27.3 Å². The average molecular weight is 333 g/mol. The summed E-state index contributed by atoms with van der Waals surface area (Å²) in [5.74, 6) is -0.322. The Balaban J connectivity index is 2.07. The van der Waals surface area contributed by atoms with Crippen molar-refractivity contribution in [2.45, 2.75) is 19.5 Å². The largest absolute Gasteiger partial charge is 0.306 e. The number of rotatable bonds is 4. The molecule has 0 aliphatic heterocycles. The van der Waals surface area contributed by atoms with Crippen molar-refractivity contribution >= 4 is 15.9 Å². The van der Waals surface area contributed by atoms with Gasteiger partial charge in [0.2, 0.25) is 0 Å². The van der Waals surface area contributed by atoms with E-state index in [4.69, 9.17) is 5.26 Å². The van der Waals surface area contributed by atoms with Crippen molar-refractivity contribution in [2.75, 3.05) is 0 Å². The van der Waals surface area contributed by atoms with Crippen LogP contribution >= 0.6 is 15.9 Å². The molecule has 0 spiro atoms. The van der Waals surface area contributed by atoms with Crippen LogP contribution in [0, 0.1) is 17.1 Å². The van der Waals surface area contributed by atoms with Crippen LogP contribution in [-0.4, -0.2) is 0 Å². The Morgan fingerprint density at radius 3 is 2.60 bits per heavy atom. The van der Waals surface area contributed by atoms with Crippen LogP contribution in [0.1, 0.15) is 29.7 Å². The summed E-state index contributed by atoms with van der Waals surface area (Å²) in [5.41, 5.74) is 2.32. The number of nitriles is 1. The molecule has 0 amide bonds. The number of hydrogen-bond donors (Lipinski definition) is 1. The van der Waals surface area contributed by atoms with Gasteiger partial charge in [-0.15, -0.1) is 0 Å². The SMILES string of the molecule is C[C@H](NCc1cc(F)ccc1C#N)c1ccc(Br)cc1. The van der Waals surface area contributed by atoms with Gasteiger partial charge in [0.25, 0.3) is 0 Å². The predicted molar refractivity (Wildman–Crippen MR) is 80.5 cm³/mol. The second-order valence-electron chi connectivity index (χ2n) is 4.57. The molecule has 20 heavy (non-hydrogen) atoms. The van der Waals surface area contributed by atoms with Gasteiger partial charge in [0.1, 0.15) is 5.82 Å². The van der Waals surface area contributed by atoms with Crippen LogP contribution in [0.4, 0.5) is 4.39 Å². The molecule has 0 aliphatic rings. The van der Waals surface area contributed by atoms with Gasteiger partial charge in [-0.1, -0.05) is 28.1 Å². The lowest BCUT2D eigenvalue weighted by atomic mass is 10.1. The highest BCUT2D eigenvalue weighted by atomic mass is 79.9. The minimum Gasteiger partial charge on any atom is -0.306 e. The van der Waals surface area contributed by atoms with Crippen molar-refractivity contribution in [3.8, 4) is 6.07 Å². The highest BCUT2D eigenvalue weighted by Crippen LogP contribution is 2.18. The molecule has 0 unspecified atom stereocenters. The maximum Gasteiger partial charge on any atom is 0.123 e. The summed E-state index contributed by atoms with van der Waals surface area (Å²) in [6, 6.07) is 14.4. The predicted octanol–water partition coefficient (Wildman–Crippen LogP) is 4.31. The van der Waals surface area contributed by atoms with Crippen LogP contribution < -0.4 is 5.32 Å². The first-order chi connectivity index (χ1) is 9.60. The molecule has 0 aromatic heterocycles. The zero-order chi connectivity index (χ0) is 14.5. The maximum atomic E-state index is 13.2. The van der Waals surface area contributed by atoms with Gasteiger partial charge in [-0.05, 0) is 48.4 Å². The van der Waals surface area contributed by atoms with E-state index in [-0.39, 0.29) is 11.9 Å². The Morgan fingerprint density at radius 1 is 1.25 bits per heavy atom. The van der Waals surface area contributed by atoms with Gasteiger partial charge >= 0.3 is 0 Å². The molecule has 2 aromatic carbocycles. The van der Waals surface area contributed by atoms with Crippen molar-refractivity contribution in [2.24, 2.45) is 0 Å². The number of nitrogens with zero attached hydrogens (tertiary/aromatic N) is 1. The van der Waals surface area contributed by atoms with E-state index in [1.54, 1.807) is 0 Å². The maximum absolute atomic E-state index is 13.2. The smallest absolute Gasteiger partial charge is 0.123 e. The van der Waals surface area contributed by atoms with Crippen LogP contribution in [0.2, 0.25) is 0 Å². The first-order valence-corrected chi connectivity index (χ1v) is 7.07. The molecular formula is C16H14BrFN2. The van der Waals surface area contributed by atoms with Crippen molar-refractivity contribution in [3.63, 3.8) is 0 Å². The Morgan fingerprint density at radius 2 is 1.95 bits per heavy atom. The van der Waals surface area contributed by atoms with E-state index in [9.17, 15) is 4.39 Å². The van der Waals surface area contributed by atoms with Gasteiger partial charge in [0.05, 0.1) is 11.6 Å². The lowest BCUT2D eigenvalue weighted by Gasteiger charge is -2.15. The van der Waals surface area contributed by atoms with Crippen molar-refractivity contribution in [1.82, 2.24) is 5.32 Å². The molecule has 0 radical (unpaired) electrons. The summed E-state index contributed by atoms with van der Waals surface area (Å²) in [5, 5.41) is 12.3. The number of benzene rings is 2. The fourth-order valence-corrected chi connectivity index (χ4v) is 2.21. The number of hydrogen-bond acceptors (Lipinski definition) is 2. The Bertz CT molecular complexity index is 632. The third kappa shape index (κ3) is 3.66. The van der Waals surface area contributed by atoms with Gasteiger partial charge < -0.3 is 5.32 Å². The molecular weight excluding hydrogens is 319 g/mol. The highest BCUT2D eigenvalue weighted by molar-refractivity contribution is 9.10. The molecule has 102 valence electrons. The average Bonchev–Trinajstić information content (AvgIpc) is 2.45. The molecule has 0 bridgehead atoms. The van der Waals surface area contributed by atoms with Gasteiger partial charge in [-0.3, -0.25) is 0 Å². The molecule has 2 aromatic rings. The zero-order valence-corrected chi connectivity index (χ0v) is 12.6. The zero-order valence-electron chi connectivity index (χ0n) is 11.0. The van der Waals surface area contributed by atoms with Crippen LogP contribution in [-0.2, 0) is 6.54 Å². The third-order valence-electron chi connectivity index (χ3n) is 3.16. The minimum absolute atomic E-state index is 0.123. The molecule has 1 N–H and O–H groups in total. The summed E-state index contributed by atoms with van der Waals surface area (Å²) in [7, 11) is 0. The molecule has 2 rings (SSSR count). The summed E-state index contributed by atoms with van der Waals surface area (Å²) in [6.07, 6.45) is 0. The number of halogens is 2. The Hall–Kier alpha value is -1.70. The lowest BCUT2D eigenvalue weighted by molar-refractivity contribution is 0.568. The molecule has 0 fully saturated rings. The van der Waals surface area contributed by atoms with Gasteiger partial charge in [0.15, 0.2) is 0 Å². The monoisotopic (exact) mass is 332 g/mol. The van der Waals surface area contributed by atoms with E-state index in [1.165, 1.54) is 18.2 Å². The minimum atomic E-state index is -0.322. The molecule has 0 saturated carbocycles. The second kappa shape index (κ2) is 6.65. The third-order valence-corrected chi connectivity index (χ3v) is 3.69. The standard InChI is InChI=1S/C16H14BrFN2/c1-11(12-2-5-15(17)6-3-12)20-10-14-8-16(18)7-4-13(14)9-19/h2-8,11,20H,10H2,1H3/t11-/m0/s1. The van der Waals surface area contributed by atoms with E-state index in [0.717, 1.165) is 10.0 Å². The van der Waals surface area contributed by atoms with E-state index in [0.29, 0.717) is 17.7 Å². The van der Waals surface area contributed by atoms with E-state index in [1.807, 2.05) is 31.2 Å². The molecule has 0 saturated heterocycles. The van der Waals surface area contributed by atoms with Crippen molar-refractivity contribution < 1.29 is 4.39 Å². The normalized spacial score (nSPS) is 11.9. The van der Waals surface area contributed by atoms with Gasteiger partial charge in [-0.2, -0.15) is 5.26 Å². The molecule has 2 nitrogen and oxygen atoms in total. The summed E-state index contributed by atoms with van der Waals surface area (Å²) in [4.78, 5) is 0. The molecule has 0 aliphatic carbocycles. The van der Waals surface area contributed by atoms with Crippen molar-refractivity contribution in [3.05, 3.63) is 69.4 Å². The first kappa shape index (κ1) is 14.7. The fourth-order valence-electron chi connectivity index (χ4n) is 1.95. The Kier molecular flexibility index (Phi) is 4.89. The van der Waals surface area contributed by atoms with Crippen LogP contribution in [0.15, 0.2) is 46.9 Å². The summed E-state index contributed by atoms with van der Waals surface area (Å²) < 4.78 is 14.3. The lowest BCUT2D eigenvalue weighted by Crippen LogP contribution is -2.18. The van der Waals surface area contributed by atoms with E-state index < -0.39 is 0 Å². The highest BCUT2D eigenvalue weighted by Gasteiger charge is 2.08. The molecule has 4 heteroatoms. The molecule has 0 heterocycles. The molecule has 1 atom stereocenters. The van der Waals surface area contributed by atoms with Crippen LogP contribution in [0.25, 0.3) is 0 Å². The summed E-state index contributed by atoms with van der Waals surface area (Å²) in [6.45, 7) is 2.49. The van der Waals surface area contributed by atoms with Crippen LogP contribution in [0.3, 0.4) is 0 Å². The topological polar surface area (TPSA) is 35.8 Å². The van der Waals surface area contributed by atoms with Gasteiger partial charge in [0, 0.05) is 17.1 Å². The fraction of sp³-hybridized carbons (Fsp3) is 0.188. The number of nitrogens with one attached hydrogen (secondary N) is 1. The Labute approximate surface area is 126 Å². The first-order valence-electron chi connectivity index (χ1n) is 6.27. The van der Waals surface area contributed by atoms with Crippen molar-refractivity contribution in [1.29, 1.82) is 5.26 Å². The quantitative estimate of drug-likeness (QED) is 0.905. The van der Waals surface area contributed by atoms with Gasteiger partial charge in [-0.25, -0.2) is 4.39 Å². The van der Waals surface area contributed by atoms with Crippen LogP contribution in [0.5, 0.6) is 0 Å². The van der Waals surface area contributed by atoms with E-state index >= 15 is 0 Å². The second-order valence-corrected chi connectivity index (χ2v) is 5.48.